The number of halogens is 3. The lowest BCUT2D eigenvalue weighted by Gasteiger charge is -2.07. The first-order valence-electron chi connectivity index (χ1n) is 5.37. The van der Waals surface area contributed by atoms with Gasteiger partial charge in [-0.3, -0.25) is 0 Å². The van der Waals surface area contributed by atoms with Crippen LogP contribution in [0.1, 0.15) is 32.3 Å². The number of aromatic nitrogens is 2. The maximum atomic E-state index is 12.6. The van der Waals surface area contributed by atoms with E-state index in [0.29, 0.717) is 11.4 Å². The van der Waals surface area contributed by atoms with Gasteiger partial charge in [0.05, 0.1) is 0 Å². The van der Waals surface area contributed by atoms with Crippen molar-refractivity contribution in [1.82, 2.24) is 9.97 Å². The molecular formula is C12H13F3N4. The van der Waals surface area contributed by atoms with Crippen molar-refractivity contribution in [3.05, 3.63) is 36.1 Å². The van der Waals surface area contributed by atoms with Gasteiger partial charge < -0.3 is 0 Å². The quantitative estimate of drug-likeness (QED) is 0.611. The first-order chi connectivity index (χ1) is 8.70. The average molecular weight is 270 g/mol. The van der Waals surface area contributed by atoms with Gasteiger partial charge in [0.1, 0.15) is 5.69 Å². The largest absolute Gasteiger partial charge is 0.433 e. The minimum atomic E-state index is -4.53. The zero-order chi connectivity index (χ0) is 14.6. The molecule has 7 heteroatoms. The summed E-state index contributed by atoms with van der Waals surface area (Å²) < 4.78 is 37.7. The summed E-state index contributed by atoms with van der Waals surface area (Å²) in [6, 6.07) is 0.796. The van der Waals surface area contributed by atoms with Crippen molar-refractivity contribution < 1.29 is 13.2 Å². The molecule has 1 aromatic heterocycles. The molecule has 1 rings (SSSR count). The van der Waals surface area contributed by atoms with E-state index in [1.165, 1.54) is 0 Å². The van der Waals surface area contributed by atoms with Crippen molar-refractivity contribution in [2.45, 2.75) is 26.9 Å². The van der Waals surface area contributed by atoms with Crippen molar-refractivity contribution in [3.8, 4) is 0 Å². The van der Waals surface area contributed by atoms with Gasteiger partial charge in [-0.15, -0.1) is 0 Å². The molecule has 1 heterocycles. The summed E-state index contributed by atoms with van der Waals surface area (Å²) >= 11 is 0. The van der Waals surface area contributed by atoms with Crippen molar-refractivity contribution >= 4 is 11.5 Å². The van der Waals surface area contributed by atoms with E-state index in [9.17, 15) is 13.2 Å². The van der Waals surface area contributed by atoms with Gasteiger partial charge in [0.15, 0.2) is 11.7 Å². The summed E-state index contributed by atoms with van der Waals surface area (Å²) in [5.74, 6) is -0.169. The predicted octanol–water partition coefficient (Wildman–Crippen LogP) is 3.26. The summed E-state index contributed by atoms with van der Waals surface area (Å²) in [5.41, 5.74) is -0.00195. The topological polar surface area (TPSA) is 50.5 Å². The molecule has 0 aromatic carbocycles. The number of amidine groups is 1. The minimum Gasteiger partial charge on any atom is -0.235 e. The Bertz CT molecular complexity index is 540. The second-order valence-corrected chi connectivity index (χ2v) is 3.99. The zero-order valence-electron chi connectivity index (χ0n) is 10.8. The summed E-state index contributed by atoms with van der Waals surface area (Å²) in [6.07, 6.45) is -3.50. The average Bonchev–Trinajstić information content (AvgIpc) is 2.26. The minimum absolute atomic E-state index is 0.0126. The van der Waals surface area contributed by atoms with Crippen molar-refractivity contribution in [2.75, 3.05) is 0 Å². The number of rotatable bonds is 2. The van der Waals surface area contributed by atoms with E-state index in [0.717, 1.165) is 12.3 Å². The fourth-order valence-electron chi connectivity index (χ4n) is 1.14. The van der Waals surface area contributed by atoms with Gasteiger partial charge in [-0.1, -0.05) is 6.58 Å². The van der Waals surface area contributed by atoms with Crippen LogP contribution in [0.3, 0.4) is 0 Å². The Balaban J connectivity index is 3.33. The normalized spacial score (nSPS) is 12.2. The van der Waals surface area contributed by atoms with Gasteiger partial charge in [0.25, 0.3) is 0 Å². The van der Waals surface area contributed by atoms with Crippen LogP contribution in [-0.2, 0) is 6.18 Å². The Morgan fingerprint density at radius 2 is 1.84 bits per heavy atom. The van der Waals surface area contributed by atoms with Gasteiger partial charge >= 0.3 is 6.18 Å². The zero-order valence-corrected chi connectivity index (χ0v) is 10.8. The molecular weight excluding hydrogens is 257 g/mol. The van der Waals surface area contributed by atoms with Crippen LogP contribution >= 0.6 is 0 Å². The van der Waals surface area contributed by atoms with E-state index >= 15 is 0 Å². The molecule has 0 unspecified atom stereocenters. The third-order valence-electron chi connectivity index (χ3n) is 1.77. The predicted molar refractivity (Wildman–Crippen MR) is 67.2 cm³/mol. The van der Waals surface area contributed by atoms with E-state index in [1.54, 1.807) is 20.8 Å². The van der Waals surface area contributed by atoms with Crippen molar-refractivity contribution in [1.29, 1.82) is 0 Å². The molecule has 0 aliphatic heterocycles. The number of hydrogen-bond donors (Lipinski definition) is 0. The smallest absolute Gasteiger partial charge is 0.235 e. The maximum absolute atomic E-state index is 12.6. The fourth-order valence-corrected chi connectivity index (χ4v) is 1.14. The van der Waals surface area contributed by atoms with Gasteiger partial charge in [-0.25, -0.2) is 20.0 Å². The molecule has 0 saturated carbocycles. The number of hydrogen-bond acceptors (Lipinski definition) is 3. The molecule has 19 heavy (non-hydrogen) atoms. The Labute approximate surface area is 108 Å². The number of nitrogens with zero attached hydrogens (tertiary/aromatic N) is 4. The van der Waals surface area contributed by atoms with Crippen LogP contribution in [0.25, 0.3) is 0 Å². The van der Waals surface area contributed by atoms with Crippen LogP contribution in [-0.4, -0.2) is 21.5 Å². The molecule has 0 amide bonds. The monoisotopic (exact) mass is 270 g/mol. The Morgan fingerprint density at radius 1 is 1.21 bits per heavy atom. The fraction of sp³-hybridized carbons (Fsp3) is 0.333. The molecule has 0 fully saturated rings. The summed E-state index contributed by atoms with van der Waals surface area (Å²) in [7, 11) is 0. The van der Waals surface area contributed by atoms with E-state index in [-0.39, 0.29) is 11.7 Å². The first kappa shape index (κ1) is 15.0. The van der Waals surface area contributed by atoms with Crippen molar-refractivity contribution in [2.24, 2.45) is 9.98 Å². The van der Waals surface area contributed by atoms with Gasteiger partial charge in [-0.05, 0) is 26.8 Å². The molecule has 0 spiro atoms. The van der Waals surface area contributed by atoms with Crippen LogP contribution in [0.4, 0.5) is 13.2 Å². The van der Waals surface area contributed by atoms with E-state index < -0.39 is 11.9 Å². The molecule has 0 saturated heterocycles. The summed E-state index contributed by atoms with van der Waals surface area (Å²) in [6.45, 7) is 8.56. The Kier molecular flexibility index (Phi) is 4.52. The van der Waals surface area contributed by atoms with Crippen LogP contribution in [0.2, 0.25) is 0 Å². The highest BCUT2D eigenvalue weighted by atomic mass is 19.4. The van der Waals surface area contributed by atoms with Crippen molar-refractivity contribution in [3.63, 3.8) is 0 Å². The van der Waals surface area contributed by atoms with Gasteiger partial charge in [0.2, 0.25) is 0 Å². The number of allylic oxidation sites excluding steroid dienone is 1. The van der Waals surface area contributed by atoms with Crippen LogP contribution < -0.4 is 0 Å². The van der Waals surface area contributed by atoms with Crippen LogP contribution in [0, 0.1) is 0 Å². The first-order valence-corrected chi connectivity index (χ1v) is 5.37. The third kappa shape index (κ3) is 4.61. The lowest BCUT2D eigenvalue weighted by Crippen LogP contribution is -2.13. The Morgan fingerprint density at radius 3 is 2.32 bits per heavy atom. The van der Waals surface area contributed by atoms with Gasteiger partial charge in [0, 0.05) is 17.6 Å². The van der Waals surface area contributed by atoms with Gasteiger partial charge in [-0.2, -0.15) is 13.2 Å². The lowest BCUT2D eigenvalue weighted by molar-refractivity contribution is -0.141. The molecule has 102 valence electrons. The number of aliphatic imine (C=N–C) groups is 2. The van der Waals surface area contributed by atoms with E-state index in [1.807, 2.05) is 0 Å². The Hall–Kier alpha value is -2.05. The highest BCUT2D eigenvalue weighted by molar-refractivity contribution is 6.04. The van der Waals surface area contributed by atoms with E-state index in [4.69, 9.17) is 0 Å². The highest BCUT2D eigenvalue weighted by Gasteiger charge is 2.33. The maximum Gasteiger partial charge on any atom is 0.433 e. The van der Waals surface area contributed by atoms with Crippen LogP contribution in [0.15, 0.2) is 34.5 Å². The molecule has 0 aliphatic rings. The summed E-state index contributed by atoms with van der Waals surface area (Å²) in [4.78, 5) is 15.2. The van der Waals surface area contributed by atoms with Crippen LogP contribution in [0.5, 0.6) is 0 Å². The second-order valence-electron chi connectivity index (χ2n) is 3.99. The SMILES string of the molecule is C=C(C)N=C(N=C(C)C)c1nccc(C(F)(F)F)n1. The third-order valence-corrected chi connectivity index (χ3v) is 1.77. The molecule has 0 radical (unpaired) electrons. The second kappa shape index (κ2) is 5.73. The molecule has 0 N–H and O–H groups in total. The lowest BCUT2D eigenvalue weighted by atomic mass is 10.3. The number of alkyl halides is 3. The molecule has 0 aliphatic carbocycles. The molecule has 4 nitrogen and oxygen atoms in total. The molecule has 0 atom stereocenters. The molecule has 1 aromatic rings. The standard InChI is InChI=1S/C12H13F3N4/c1-7(2)17-11(18-8(3)4)10-16-6-5-9(19-10)12(13,14)15/h5-6H,1H2,2-4H3. The summed E-state index contributed by atoms with van der Waals surface area (Å²) in [5, 5.41) is 0. The highest BCUT2D eigenvalue weighted by Crippen LogP contribution is 2.27. The van der Waals surface area contributed by atoms with E-state index in [2.05, 4.69) is 26.5 Å². The molecule has 0 bridgehead atoms.